The molecule has 1 aromatic heterocycles. The van der Waals surface area contributed by atoms with Crippen LogP contribution in [0.5, 0.6) is 0 Å². The highest BCUT2D eigenvalue weighted by atomic mass is 19.1. The van der Waals surface area contributed by atoms with Gasteiger partial charge in [-0.15, -0.1) is 0 Å². The van der Waals surface area contributed by atoms with E-state index in [1.54, 1.807) is 61.5 Å². The molecule has 0 fully saturated rings. The van der Waals surface area contributed by atoms with Crippen molar-refractivity contribution in [2.45, 2.75) is 6.92 Å². The lowest BCUT2D eigenvalue weighted by Gasteiger charge is -2.14. The fourth-order valence-electron chi connectivity index (χ4n) is 3.23. The number of hydrogen-bond donors (Lipinski definition) is 0. The summed E-state index contributed by atoms with van der Waals surface area (Å²) in [6, 6.07) is 17.2. The van der Waals surface area contributed by atoms with Gasteiger partial charge < -0.3 is 0 Å². The molecular weight excluding hydrogens is 385 g/mol. The zero-order valence-electron chi connectivity index (χ0n) is 15.9. The van der Waals surface area contributed by atoms with Crippen LogP contribution in [0, 0.1) is 22.9 Å². The van der Waals surface area contributed by atoms with Crippen molar-refractivity contribution in [1.29, 1.82) is 0 Å². The average Bonchev–Trinajstić information content (AvgIpc) is 2.74. The Hall–Kier alpha value is -4.13. The zero-order chi connectivity index (χ0) is 21.3. The summed E-state index contributed by atoms with van der Waals surface area (Å²) in [7, 11) is 0. The molecule has 0 saturated heterocycles. The highest BCUT2D eigenvalue weighted by molar-refractivity contribution is 5.80. The number of nitro groups is 1. The Kier molecular flexibility index (Phi) is 4.93. The van der Waals surface area contributed by atoms with E-state index in [-0.39, 0.29) is 11.2 Å². The smallest absolute Gasteiger partial charge is 0.268 e. The van der Waals surface area contributed by atoms with Crippen LogP contribution in [-0.2, 0) is 0 Å². The van der Waals surface area contributed by atoms with E-state index in [0.717, 1.165) is 0 Å². The number of hydrogen-bond acceptors (Lipinski definition) is 4. The van der Waals surface area contributed by atoms with Gasteiger partial charge in [-0.3, -0.25) is 19.5 Å². The minimum absolute atomic E-state index is 0.0398. The molecule has 0 amide bonds. The molecule has 0 aliphatic rings. The molecule has 0 aliphatic heterocycles. The number of halogens is 1. The molecule has 3 aromatic carbocycles. The SMILES string of the molecule is Cc1ccc(F)cc1-n1c(C=Cc2cccc([N+](=O)[O-])c2)nc2ccccc2c1=O. The molecule has 7 heteroatoms. The molecule has 4 rings (SSSR count). The molecule has 0 unspecified atom stereocenters. The molecule has 0 aliphatic carbocycles. The van der Waals surface area contributed by atoms with Crippen molar-refractivity contribution in [2.24, 2.45) is 0 Å². The van der Waals surface area contributed by atoms with Gasteiger partial charge in [0.2, 0.25) is 0 Å². The van der Waals surface area contributed by atoms with Crippen LogP contribution >= 0.6 is 0 Å². The normalized spacial score (nSPS) is 11.3. The van der Waals surface area contributed by atoms with Crippen molar-refractivity contribution in [3.05, 3.63) is 110 Å². The van der Waals surface area contributed by atoms with Crippen LogP contribution in [-0.4, -0.2) is 14.5 Å². The van der Waals surface area contributed by atoms with Crippen molar-refractivity contribution in [3.8, 4) is 5.69 Å². The molecule has 0 spiro atoms. The van der Waals surface area contributed by atoms with Gasteiger partial charge in [0.15, 0.2) is 0 Å². The summed E-state index contributed by atoms with van der Waals surface area (Å²) in [5, 5.41) is 11.4. The molecule has 0 bridgehead atoms. The van der Waals surface area contributed by atoms with Gasteiger partial charge in [-0.2, -0.15) is 0 Å². The Morgan fingerprint density at radius 3 is 2.63 bits per heavy atom. The van der Waals surface area contributed by atoms with E-state index in [0.29, 0.717) is 33.5 Å². The first-order chi connectivity index (χ1) is 14.4. The van der Waals surface area contributed by atoms with Crippen LogP contribution in [0.3, 0.4) is 0 Å². The van der Waals surface area contributed by atoms with Gasteiger partial charge in [0, 0.05) is 12.1 Å². The second kappa shape index (κ2) is 7.71. The number of fused-ring (bicyclic) bond motifs is 1. The minimum atomic E-state index is -0.475. The summed E-state index contributed by atoms with van der Waals surface area (Å²) in [5.74, 6) is -0.178. The van der Waals surface area contributed by atoms with Gasteiger partial charge >= 0.3 is 0 Å². The molecule has 6 nitrogen and oxygen atoms in total. The van der Waals surface area contributed by atoms with Crippen molar-refractivity contribution >= 4 is 28.7 Å². The zero-order valence-corrected chi connectivity index (χ0v) is 15.9. The van der Waals surface area contributed by atoms with Crippen molar-refractivity contribution < 1.29 is 9.31 Å². The second-order valence-electron chi connectivity index (χ2n) is 6.74. The molecule has 0 atom stereocenters. The third-order valence-electron chi connectivity index (χ3n) is 4.72. The minimum Gasteiger partial charge on any atom is -0.268 e. The largest absolute Gasteiger partial charge is 0.270 e. The van der Waals surface area contributed by atoms with Gasteiger partial charge in [-0.1, -0.05) is 36.4 Å². The lowest BCUT2D eigenvalue weighted by molar-refractivity contribution is -0.384. The summed E-state index contributed by atoms with van der Waals surface area (Å²) >= 11 is 0. The topological polar surface area (TPSA) is 78.0 Å². The van der Waals surface area contributed by atoms with Gasteiger partial charge in [-0.25, -0.2) is 9.37 Å². The van der Waals surface area contributed by atoms with Crippen molar-refractivity contribution in [3.63, 3.8) is 0 Å². The molecule has 0 radical (unpaired) electrons. The highest BCUT2D eigenvalue weighted by Gasteiger charge is 2.13. The van der Waals surface area contributed by atoms with Crippen LogP contribution in [0.2, 0.25) is 0 Å². The summed E-state index contributed by atoms with van der Waals surface area (Å²) in [5.41, 5.74) is 1.81. The van der Waals surface area contributed by atoms with E-state index in [4.69, 9.17) is 0 Å². The van der Waals surface area contributed by atoms with E-state index in [1.807, 2.05) is 0 Å². The third-order valence-corrected chi connectivity index (χ3v) is 4.72. The highest BCUT2D eigenvalue weighted by Crippen LogP contribution is 2.20. The summed E-state index contributed by atoms with van der Waals surface area (Å²) in [4.78, 5) is 28.4. The molecular formula is C23H16FN3O3. The van der Waals surface area contributed by atoms with Crippen LogP contribution in [0.25, 0.3) is 28.7 Å². The maximum atomic E-state index is 14.0. The molecule has 0 saturated carbocycles. The Labute approximate surface area is 170 Å². The van der Waals surface area contributed by atoms with E-state index >= 15 is 0 Å². The standard InChI is InChI=1S/C23H16FN3O3/c1-15-9-11-17(24)14-21(15)26-22(25-20-8-3-2-7-19(20)23(26)28)12-10-16-5-4-6-18(13-16)27(29)30/h2-14H,1H3. The van der Waals surface area contributed by atoms with E-state index < -0.39 is 10.7 Å². The quantitative estimate of drug-likeness (QED) is 0.359. The van der Waals surface area contributed by atoms with E-state index in [9.17, 15) is 19.3 Å². The first-order valence-electron chi connectivity index (χ1n) is 9.15. The summed E-state index contributed by atoms with van der Waals surface area (Å²) in [6.45, 7) is 1.78. The van der Waals surface area contributed by atoms with Gasteiger partial charge in [0.05, 0.1) is 21.5 Å². The first-order valence-corrected chi connectivity index (χ1v) is 9.15. The van der Waals surface area contributed by atoms with Gasteiger partial charge in [0.1, 0.15) is 11.6 Å². The average molecular weight is 401 g/mol. The monoisotopic (exact) mass is 401 g/mol. The van der Waals surface area contributed by atoms with E-state index in [1.165, 1.54) is 28.8 Å². The number of non-ortho nitro benzene ring substituents is 1. The van der Waals surface area contributed by atoms with Crippen LogP contribution in [0.15, 0.2) is 71.5 Å². The Bertz CT molecular complexity index is 1380. The number of para-hydroxylation sites is 1. The number of nitrogens with zero attached hydrogens (tertiary/aromatic N) is 3. The number of benzene rings is 3. The Balaban J connectivity index is 1.95. The molecule has 30 heavy (non-hydrogen) atoms. The Morgan fingerprint density at radius 2 is 1.83 bits per heavy atom. The van der Waals surface area contributed by atoms with Crippen molar-refractivity contribution in [1.82, 2.24) is 9.55 Å². The lowest BCUT2D eigenvalue weighted by Crippen LogP contribution is -2.23. The molecule has 148 valence electrons. The predicted molar refractivity (Wildman–Crippen MR) is 114 cm³/mol. The third kappa shape index (κ3) is 3.60. The Morgan fingerprint density at radius 1 is 1.03 bits per heavy atom. The molecule has 1 heterocycles. The second-order valence-corrected chi connectivity index (χ2v) is 6.74. The number of nitro benzene ring substituents is 1. The fraction of sp³-hybridized carbons (Fsp3) is 0.0435. The first kappa shape index (κ1) is 19.2. The van der Waals surface area contributed by atoms with Crippen LogP contribution < -0.4 is 5.56 Å². The summed E-state index contributed by atoms with van der Waals surface area (Å²) < 4.78 is 15.3. The van der Waals surface area contributed by atoms with Gasteiger partial charge in [0.25, 0.3) is 11.2 Å². The van der Waals surface area contributed by atoms with E-state index in [2.05, 4.69) is 4.98 Å². The maximum absolute atomic E-state index is 14.0. The molecule has 4 aromatic rings. The van der Waals surface area contributed by atoms with Crippen molar-refractivity contribution in [2.75, 3.05) is 0 Å². The number of rotatable bonds is 4. The predicted octanol–water partition coefficient (Wildman–Crippen LogP) is 4.91. The van der Waals surface area contributed by atoms with Gasteiger partial charge in [-0.05, 0) is 48.4 Å². The lowest BCUT2D eigenvalue weighted by atomic mass is 10.1. The summed E-state index contributed by atoms with van der Waals surface area (Å²) in [6.07, 6.45) is 3.23. The fourth-order valence-corrected chi connectivity index (χ4v) is 3.23. The van der Waals surface area contributed by atoms with Crippen LogP contribution in [0.4, 0.5) is 10.1 Å². The van der Waals surface area contributed by atoms with Crippen LogP contribution in [0.1, 0.15) is 17.0 Å². The maximum Gasteiger partial charge on any atom is 0.270 e. The number of aryl methyl sites for hydroxylation is 1. The molecule has 0 N–H and O–H groups in total. The number of aromatic nitrogens is 2.